The Morgan fingerprint density at radius 3 is 2.73 bits per heavy atom. The van der Waals surface area contributed by atoms with Crippen LogP contribution < -0.4 is 0 Å². The third-order valence-corrected chi connectivity index (χ3v) is 3.39. The summed E-state index contributed by atoms with van der Waals surface area (Å²) in [6.45, 7) is 1.89. The molecule has 0 aliphatic carbocycles. The van der Waals surface area contributed by atoms with Gasteiger partial charge in [0.15, 0.2) is 0 Å². The van der Waals surface area contributed by atoms with E-state index in [9.17, 15) is 23.1 Å². The van der Waals surface area contributed by atoms with Crippen molar-refractivity contribution in [2.45, 2.75) is 44.5 Å². The molecule has 120 valence electrons. The molecule has 0 fully saturated rings. The van der Waals surface area contributed by atoms with Gasteiger partial charge in [0.25, 0.3) is 11.6 Å². The second-order valence-electron chi connectivity index (χ2n) is 5.09. The molecule has 5 nitrogen and oxygen atoms in total. The molecule has 22 heavy (non-hydrogen) atoms. The maximum Gasteiger partial charge on any atom is 0.438 e. The van der Waals surface area contributed by atoms with Gasteiger partial charge in [-0.05, 0) is 25.0 Å². The van der Waals surface area contributed by atoms with E-state index in [-0.39, 0.29) is 16.4 Å². The van der Waals surface area contributed by atoms with Crippen LogP contribution >= 0.6 is 0 Å². The standard InChI is InChI=1S/C14H16F3N3O2/c1-2-3-6-10-9-13(22,14(15,16)17)20(19-10)12(21)11-7-4-5-8-18-11/h4-5,7-8,22H,2-3,6,9H2,1H3/t13-/m0/s1. The zero-order valence-corrected chi connectivity index (χ0v) is 12.0. The normalized spacial score (nSPS) is 21.9. The molecule has 1 aromatic rings. The summed E-state index contributed by atoms with van der Waals surface area (Å²) in [6, 6.07) is 4.29. The van der Waals surface area contributed by atoms with Crippen molar-refractivity contribution in [3.05, 3.63) is 30.1 Å². The van der Waals surface area contributed by atoms with Crippen molar-refractivity contribution in [1.29, 1.82) is 0 Å². The topological polar surface area (TPSA) is 65.8 Å². The minimum Gasteiger partial charge on any atom is -0.362 e. The van der Waals surface area contributed by atoms with Gasteiger partial charge in [0.1, 0.15) is 5.69 Å². The zero-order valence-electron chi connectivity index (χ0n) is 12.0. The number of nitrogens with zero attached hydrogens (tertiary/aromatic N) is 3. The van der Waals surface area contributed by atoms with Crippen molar-refractivity contribution in [2.75, 3.05) is 0 Å². The first-order valence-corrected chi connectivity index (χ1v) is 6.90. The van der Waals surface area contributed by atoms with Crippen molar-refractivity contribution in [1.82, 2.24) is 9.99 Å². The number of unbranched alkanes of at least 4 members (excludes halogenated alkanes) is 1. The highest BCUT2D eigenvalue weighted by atomic mass is 19.4. The third kappa shape index (κ3) is 2.96. The van der Waals surface area contributed by atoms with Gasteiger partial charge in [-0.1, -0.05) is 19.4 Å². The Bertz CT molecular complexity index is 574. The van der Waals surface area contributed by atoms with E-state index in [2.05, 4.69) is 10.1 Å². The number of alkyl halides is 3. The first-order chi connectivity index (χ1) is 10.3. The molecule has 0 spiro atoms. The maximum absolute atomic E-state index is 13.2. The number of hydrazone groups is 1. The molecule has 8 heteroatoms. The molecule has 0 bridgehead atoms. The molecule has 1 amide bonds. The average Bonchev–Trinajstić information content (AvgIpc) is 2.83. The lowest BCUT2D eigenvalue weighted by molar-refractivity contribution is -0.297. The second kappa shape index (κ2) is 6.04. The van der Waals surface area contributed by atoms with E-state index in [0.717, 1.165) is 6.42 Å². The summed E-state index contributed by atoms with van der Waals surface area (Å²) >= 11 is 0. The maximum atomic E-state index is 13.2. The van der Waals surface area contributed by atoms with Gasteiger partial charge in [0.05, 0.1) is 0 Å². The van der Waals surface area contributed by atoms with Gasteiger partial charge in [0.2, 0.25) is 0 Å². The van der Waals surface area contributed by atoms with Crippen LogP contribution in [-0.2, 0) is 0 Å². The number of hydrogen-bond donors (Lipinski definition) is 1. The van der Waals surface area contributed by atoms with Crippen LogP contribution in [0, 0.1) is 0 Å². The summed E-state index contributed by atoms with van der Waals surface area (Å²) < 4.78 is 39.7. The van der Waals surface area contributed by atoms with Crippen molar-refractivity contribution in [3.8, 4) is 0 Å². The second-order valence-corrected chi connectivity index (χ2v) is 5.09. The molecule has 0 radical (unpaired) electrons. The Labute approximate surface area is 125 Å². The predicted octanol–water partition coefficient (Wildman–Crippen LogP) is 2.72. The van der Waals surface area contributed by atoms with E-state index in [0.29, 0.717) is 12.8 Å². The summed E-state index contributed by atoms with van der Waals surface area (Å²) in [7, 11) is 0. The third-order valence-electron chi connectivity index (χ3n) is 3.39. The molecule has 0 saturated heterocycles. The molecular weight excluding hydrogens is 299 g/mol. The number of amides is 1. The van der Waals surface area contributed by atoms with Gasteiger partial charge >= 0.3 is 6.18 Å². The molecule has 2 heterocycles. The molecule has 1 aliphatic heterocycles. The molecule has 0 saturated carbocycles. The van der Waals surface area contributed by atoms with Gasteiger partial charge in [-0.2, -0.15) is 23.3 Å². The van der Waals surface area contributed by atoms with Crippen molar-refractivity contribution >= 4 is 11.6 Å². The van der Waals surface area contributed by atoms with E-state index in [1.807, 2.05) is 6.92 Å². The van der Waals surface area contributed by atoms with Gasteiger partial charge in [-0.15, -0.1) is 0 Å². The van der Waals surface area contributed by atoms with Crippen molar-refractivity contribution in [3.63, 3.8) is 0 Å². The summed E-state index contributed by atoms with van der Waals surface area (Å²) in [5, 5.41) is 13.9. The Morgan fingerprint density at radius 1 is 1.45 bits per heavy atom. The summed E-state index contributed by atoms with van der Waals surface area (Å²) in [5.74, 6) is -1.08. The number of pyridine rings is 1. The number of rotatable bonds is 4. The molecule has 1 atom stereocenters. The summed E-state index contributed by atoms with van der Waals surface area (Å²) in [6.07, 6.45) is -2.72. The lowest BCUT2D eigenvalue weighted by Gasteiger charge is -2.32. The van der Waals surface area contributed by atoms with Crippen LogP contribution in [0.2, 0.25) is 0 Å². The number of hydrogen-bond acceptors (Lipinski definition) is 4. The van der Waals surface area contributed by atoms with Gasteiger partial charge in [0, 0.05) is 18.3 Å². The van der Waals surface area contributed by atoms with Crippen LogP contribution in [0.4, 0.5) is 13.2 Å². The lowest BCUT2D eigenvalue weighted by Crippen LogP contribution is -2.56. The Hall–Kier alpha value is -1.96. The quantitative estimate of drug-likeness (QED) is 0.929. The summed E-state index contributed by atoms with van der Waals surface area (Å²) in [4.78, 5) is 15.9. The fourth-order valence-corrected chi connectivity index (χ4v) is 2.17. The first kappa shape index (κ1) is 16.4. The smallest absolute Gasteiger partial charge is 0.362 e. The fourth-order valence-electron chi connectivity index (χ4n) is 2.17. The van der Waals surface area contributed by atoms with Crippen LogP contribution in [0.1, 0.15) is 43.1 Å². The molecule has 0 unspecified atom stereocenters. The minimum absolute atomic E-state index is 0.111. The molecular formula is C14H16F3N3O2. The van der Waals surface area contributed by atoms with E-state index in [4.69, 9.17) is 0 Å². The molecule has 1 aliphatic rings. The molecule has 1 N–H and O–H groups in total. The molecule has 2 rings (SSSR count). The fraction of sp³-hybridized carbons (Fsp3) is 0.500. The predicted molar refractivity (Wildman–Crippen MR) is 73.0 cm³/mol. The van der Waals surface area contributed by atoms with Crippen molar-refractivity contribution < 1.29 is 23.1 Å². The first-order valence-electron chi connectivity index (χ1n) is 6.90. The molecule has 1 aromatic heterocycles. The van der Waals surface area contributed by atoms with Gasteiger partial charge in [-0.25, -0.2) is 0 Å². The number of carbonyl (C=O) groups is 1. The van der Waals surface area contributed by atoms with Crippen LogP contribution in [-0.4, -0.2) is 38.6 Å². The largest absolute Gasteiger partial charge is 0.438 e. The van der Waals surface area contributed by atoms with Crippen LogP contribution in [0.5, 0.6) is 0 Å². The highest BCUT2D eigenvalue weighted by molar-refractivity contribution is 5.97. The average molecular weight is 315 g/mol. The number of carbonyl (C=O) groups excluding carboxylic acids is 1. The SMILES string of the molecule is CCCCC1=NN(C(=O)c2ccccn2)[C@@](O)(C(F)(F)F)C1. The highest BCUT2D eigenvalue weighted by Gasteiger charge is 2.63. The Balaban J connectivity index is 2.34. The van der Waals surface area contributed by atoms with E-state index in [1.165, 1.54) is 24.4 Å². The van der Waals surface area contributed by atoms with Crippen LogP contribution in [0.15, 0.2) is 29.5 Å². The van der Waals surface area contributed by atoms with E-state index >= 15 is 0 Å². The van der Waals surface area contributed by atoms with E-state index < -0.39 is 24.2 Å². The van der Waals surface area contributed by atoms with Crippen LogP contribution in [0.3, 0.4) is 0 Å². The van der Waals surface area contributed by atoms with Gasteiger partial charge in [-0.3, -0.25) is 9.78 Å². The Kier molecular flexibility index (Phi) is 4.50. The lowest BCUT2D eigenvalue weighted by atomic mass is 10.0. The monoisotopic (exact) mass is 315 g/mol. The number of aliphatic hydroxyl groups is 1. The number of halogens is 3. The minimum atomic E-state index is -5.01. The zero-order chi connectivity index (χ0) is 16.4. The highest BCUT2D eigenvalue weighted by Crippen LogP contribution is 2.41. The molecule has 0 aromatic carbocycles. The van der Waals surface area contributed by atoms with E-state index in [1.54, 1.807) is 0 Å². The Morgan fingerprint density at radius 2 is 2.18 bits per heavy atom. The number of aromatic nitrogens is 1. The van der Waals surface area contributed by atoms with Crippen LogP contribution in [0.25, 0.3) is 0 Å². The van der Waals surface area contributed by atoms with Crippen molar-refractivity contribution in [2.24, 2.45) is 5.10 Å². The van der Waals surface area contributed by atoms with Gasteiger partial charge < -0.3 is 5.11 Å². The summed E-state index contributed by atoms with van der Waals surface area (Å²) in [5.41, 5.74) is -3.36.